The Morgan fingerprint density at radius 1 is 1.24 bits per heavy atom. The normalized spacial score (nSPS) is 11.9. The van der Waals surface area contributed by atoms with Crippen LogP contribution in [0.15, 0.2) is 30.5 Å². The molecular formula is C17H20Cl2N4O2. The molecule has 0 fully saturated rings. The van der Waals surface area contributed by atoms with Crippen LogP contribution >= 0.6 is 23.2 Å². The van der Waals surface area contributed by atoms with E-state index >= 15 is 0 Å². The van der Waals surface area contributed by atoms with Crippen LogP contribution in [0.5, 0.6) is 0 Å². The number of nitrogens with one attached hydrogen (secondary N) is 1. The van der Waals surface area contributed by atoms with Crippen LogP contribution in [0.4, 0.5) is 5.95 Å². The van der Waals surface area contributed by atoms with Crippen LogP contribution in [0.2, 0.25) is 10.0 Å². The van der Waals surface area contributed by atoms with Gasteiger partial charge in [0.15, 0.2) is 5.69 Å². The molecule has 25 heavy (non-hydrogen) atoms. The van der Waals surface area contributed by atoms with Gasteiger partial charge >= 0.3 is 0 Å². The standard InChI is InChI=1S/C17H20Cl2N4O2/c1-3-23(4-2)17-21-9-13(19)15(22-17)16(25)20-10-14(24)11-5-7-12(18)8-6-11/h5-9,14,24H,3-4,10H2,1-2H3,(H,20,25). The number of carbonyl (C=O) groups is 1. The van der Waals surface area contributed by atoms with Crippen molar-refractivity contribution in [1.29, 1.82) is 0 Å². The molecule has 0 spiro atoms. The Morgan fingerprint density at radius 3 is 2.48 bits per heavy atom. The van der Waals surface area contributed by atoms with Gasteiger partial charge < -0.3 is 15.3 Å². The number of halogens is 2. The number of hydrogen-bond donors (Lipinski definition) is 2. The maximum atomic E-state index is 12.4. The van der Waals surface area contributed by atoms with Crippen LogP contribution in [0.25, 0.3) is 0 Å². The summed E-state index contributed by atoms with van der Waals surface area (Å²) >= 11 is 11.9. The van der Waals surface area contributed by atoms with E-state index < -0.39 is 12.0 Å². The van der Waals surface area contributed by atoms with Gasteiger partial charge in [0, 0.05) is 24.7 Å². The predicted octanol–water partition coefficient (Wildman–Crippen LogP) is 3.09. The van der Waals surface area contributed by atoms with E-state index in [4.69, 9.17) is 23.2 Å². The molecular weight excluding hydrogens is 363 g/mol. The fourth-order valence-corrected chi connectivity index (χ4v) is 2.55. The molecule has 0 aliphatic carbocycles. The third-order valence-electron chi connectivity index (χ3n) is 3.70. The van der Waals surface area contributed by atoms with Crippen LogP contribution in [-0.2, 0) is 0 Å². The maximum Gasteiger partial charge on any atom is 0.271 e. The first-order chi connectivity index (χ1) is 12.0. The SMILES string of the molecule is CCN(CC)c1ncc(Cl)c(C(=O)NCC(O)c2ccc(Cl)cc2)n1. The van der Waals surface area contributed by atoms with E-state index in [9.17, 15) is 9.90 Å². The molecule has 0 saturated heterocycles. The van der Waals surface area contributed by atoms with Crippen LogP contribution < -0.4 is 10.2 Å². The molecule has 1 unspecified atom stereocenters. The average molecular weight is 383 g/mol. The van der Waals surface area contributed by atoms with E-state index in [1.165, 1.54) is 6.20 Å². The smallest absolute Gasteiger partial charge is 0.271 e. The van der Waals surface area contributed by atoms with E-state index in [-0.39, 0.29) is 17.3 Å². The first kappa shape index (κ1) is 19.4. The Bertz CT molecular complexity index is 721. The minimum absolute atomic E-state index is 0.0292. The molecule has 134 valence electrons. The molecule has 1 amide bonds. The van der Waals surface area contributed by atoms with Gasteiger partial charge in [0.25, 0.3) is 5.91 Å². The number of aliphatic hydroxyl groups is 1. The number of carbonyl (C=O) groups excluding carboxylic acids is 1. The van der Waals surface area contributed by atoms with Crippen molar-refractivity contribution >= 4 is 35.1 Å². The highest BCUT2D eigenvalue weighted by Gasteiger charge is 2.17. The van der Waals surface area contributed by atoms with E-state index in [1.54, 1.807) is 24.3 Å². The van der Waals surface area contributed by atoms with E-state index in [0.29, 0.717) is 29.6 Å². The van der Waals surface area contributed by atoms with E-state index in [0.717, 1.165) is 0 Å². The Kier molecular flexibility index (Phi) is 6.99. The summed E-state index contributed by atoms with van der Waals surface area (Å²) in [6, 6.07) is 6.77. The fraction of sp³-hybridized carbons (Fsp3) is 0.353. The van der Waals surface area contributed by atoms with E-state index in [2.05, 4.69) is 15.3 Å². The Morgan fingerprint density at radius 2 is 1.88 bits per heavy atom. The highest BCUT2D eigenvalue weighted by Crippen LogP contribution is 2.18. The number of aliphatic hydroxyl groups excluding tert-OH is 1. The van der Waals surface area contributed by atoms with Crippen molar-refractivity contribution in [2.24, 2.45) is 0 Å². The van der Waals surface area contributed by atoms with E-state index in [1.807, 2.05) is 18.7 Å². The number of anilines is 1. The first-order valence-electron chi connectivity index (χ1n) is 7.95. The second kappa shape index (κ2) is 8.99. The summed E-state index contributed by atoms with van der Waals surface area (Å²) < 4.78 is 0. The zero-order valence-corrected chi connectivity index (χ0v) is 15.6. The van der Waals surface area contributed by atoms with Gasteiger partial charge in [0.05, 0.1) is 17.3 Å². The zero-order valence-electron chi connectivity index (χ0n) is 14.0. The van der Waals surface area contributed by atoms with Crippen molar-refractivity contribution in [3.63, 3.8) is 0 Å². The van der Waals surface area contributed by atoms with Gasteiger partial charge in [-0.05, 0) is 31.5 Å². The molecule has 0 saturated carbocycles. The molecule has 0 aliphatic heterocycles. The molecule has 2 N–H and O–H groups in total. The minimum Gasteiger partial charge on any atom is -0.387 e. The largest absolute Gasteiger partial charge is 0.387 e. The van der Waals surface area contributed by atoms with Crippen LogP contribution in [0, 0.1) is 0 Å². The molecule has 0 radical (unpaired) electrons. The highest BCUT2D eigenvalue weighted by molar-refractivity contribution is 6.33. The lowest BCUT2D eigenvalue weighted by Crippen LogP contribution is -2.31. The summed E-state index contributed by atoms with van der Waals surface area (Å²) in [4.78, 5) is 22.7. The highest BCUT2D eigenvalue weighted by atomic mass is 35.5. The lowest BCUT2D eigenvalue weighted by Gasteiger charge is -2.19. The topological polar surface area (TPSA) is 78.4 Å². The molecule has 0 bridgehead atoms. The van der Waals surface area contributed by atoms with Gasteiger partial charge in [-0.15, -0.1) is 0 Å². The Labute approximate surface area is 156 Å². The summed E-state index contributed by atoms with van der Waals surface area (Å²) in [7, 11) is 0. The van der Waals surface area contributed by atoms with Gasteiger partial charge in [-0.2, -0.15) is 0 Å². The molecule has 1 aromatic heterocycles. The number of amides is 1. The van der Waals surface area contributed by atoms with Gasteiger partial charge in [-0.25, -0.2) is 9.97 Å². The number of hydrogen-bond acceptors (Lipinski definition) is 5. The molecule has 2 aromatic rings. The summed E-state index contributed by atoms with van der Waals surface area (Å²) in [6.07, 6.45) is 0.552. The number of aromatic nitrogens is 2. The summed E-state index contributed by atoms with van der Waals surface area (Å²) in [5.74, 6) is -0.0216. The van der Waals surface area contributed by atoms with Crippen LogP contribution in [-0.4, -0.2) is 40.6 Å². The molecule has 2 rings (SSSR count). The number of rotatable bonds is 7. The summed E-state index contributed by atoms with van der Waals surface area (Å²) in [5, 5.41) is 13.5. The van der Waals surface area contributed by atoms with Crippen LogP contribution in [0.1, 0.15) is 36.0 Å². The van der Waals surface area contributed by atoms with Crippen LogP contribution in [0.3, 0.4) is 0 Å². The van der Waals surface area contributed by atoms with Gasteiger partial charge in [0.2, 0.25) is 5.95 Å². The predicted molar refractivity (Wildman–Crippen MR) is 99.3 cm³/mol. The Hall–Kier alpha value is -1.89. The van der Waals surface area contributed by atoms with Gasteiger partial charge in [-0.3, -0.25) is 4.79 Å². The maximum absolute atomic E-state index is 12.4. The molecule has 1 atom stereocenters. The average Bonchev–Trinajstić information content (AvgIpc) is 2.62. The molecule has 1 aromatic carbocycles. The second-order valence-corrected chi connectivity index (χ2v) is 6.16. The van der Waals surface area contributed by atoms with Crippen molar-refractivity contribution in [2.75, 3.05) is 24.5 Å². The molecule has 8 heteroatoms. The first-order valence-corrected chi connectivity index (χ1v) is 8.71. The minimum atomic E-state index is -0.857. The monoisotopic (exact) mass is 382 g/mol. The second-order valence-electron chi connectivity index (χ2n) is 5.32. The zero-order chi connectivity index (χ0) is 18.4. The summed E-state index contributed by atoms with van der Waals surface area (Å²) in [5.41, 5.74) is 0.740. The summed E-state index contributed by atoms with van der Waals surface area (Å²) in [6.45, 7) is 5.41. The third kappa shape index (κ3) is 5.04. The van der Waals surface area contributed by atoms with Crippen molar-refractivity contribution < 1.29 is 9.90 Å². The van der Waals surface area contributed by atoms with Gasteiger partial charge in [-0.1, -0.05) is 35.3 Å². The lowest BCUT2D eigenvalue weighted by molar-refractivity contribution is 0.0911. The quantitative estimate of drug-likeness (QED) is 0.768. The molecule has 1 heterocycles. The third-order valence-corrected chi connectivity index (χ3v) is 4.23. The lowest BCUT2D eigenvalue weighted by atomic mass is 10.1. The molecule has 6 nitrogen and oxygen atoms in total. The van der Waals surface area contributed by atoms with Crippen molar-refractivity contribution in [3.8, 4) is 0 Å². The van der Waals surface area contributed by atoms with Crippen molar-refractivity contribution in [1.82, 2.24) is 15.3 Å². The van der Waals surface area contributed by atoms with Crippen molar-refractivity contribution in [2.45, 2.75) is 20.0 Å². The Balaban J connectivity index is 2.07. The number of nitrogens with zero attached hydrogens (tertiary/aromatic N) is 3. The number of benzene rings is 1. The fourth-order valence-electron chi connectivity index (χ4n) is 2.25. The molecule has 0 aliphatic rings. The van der Waals surface area contributed by atoms with Crippen molar-refractivity contribution in [3.05, 3.63) is 51.8 Å². The van der Waals surface area contributed by atoms with Gasteiger partial charge in [0.1, 0.15) is 0 Å².